The highest BCUT2D eigenvalue weighted by Gasteiger charge is 2.23. The van der Waals surface area contributed by atoms with Crippen LogP contribution in [0.4, 0.5) is 10.5 Å². The zero-order valence-electron chi connectivity index (χ0n) is 14.9. The molecule has 8 nitrogen and oxygen atoms in total. The van der Waals surface area contributed by atoms with Crippen LogP contribution >= 0.6 is 0 Å². The minimum absolute atomic E-state index is 0.104. The Morgan fingerprint density at radius 3 is 2.37 bits per heavy atom. The summed E-state index contributed by atoms with van der Waals surface area (Å²) in [6.45, 7) is 2.29. The number of anilines is 1. The molecule has 2 heterocycles. The third kappa shape index (κ3) is 4.66. The molecule has 0 unspecified atom stereocenters. The standard InChI is InChI=1S/C19H21N3O5/c1-13(23)20-14-2-4-15(5-3-14)22-11-8-17(12-18(22)24)27-16-6-9-21(10-7-16)19(25)26/h2-5,8,11-12,16H,6-7,9-10H2,1H3,(H,20,23)(H,25,26). The summed E-state index contributed by atoms with van der Waals surface area (Å²) in [6, 6.07) is 10.1. The van der Waals surface area contributed by atoms with Gasteiger partial charge < -0.3 is 20.1 Å². The summed E-state index contributed by atoms with van der Waals surface area (Å²) in [4.78, 5) is 35.8. The number of pyridine rings is 1. The molecule has 2 amide bonds. The van der Waals surface area contributed by atoms with Crippen LogP contribution in [-0.4, -0.2) is 45.8 Å². The van der Waals surface area contributed by atoms with Gasteiger partial charge in [0.15, 0.2) is 0 Å². The number of carbonyl (C=O) groups is 2. The van der Waals surface area contributed by atoms with Gasteiger partial charge in [0.05, 0.1) is 0 Å². The van der Waals surface area contributed by atoms with Gasteiger partial charge in [-0.25, -0.2) is 4.79 Å². The first-order chi connectivity index (χ1) is 12.9. The van der Waals surface area contributed by atoms with Crippen molar-refractivity contribution < 1.29 is 19.4 Å². The molecule has 0 radical (unpaired) electrons. The van der Waals surface area contributed by atoms with Crippen LogP contribution in [0.2, 0.25) is 0 Å². The van der Waals surface area contributed by atoms with Crippen LogP contribution < -0.4 is 15.6 Å². The fraction of sp³-hybridized carbons (Fsp3) is 0.316. The number of amides is 2. The first-order valence-electron chi connectivity index (χ1n) is 8.67. The monoisotopic (exact) mass is 371 g/mol. The molecule has 0 atom stereocenters. The van der Waals surface area contributed by atoms with Gasteiger partial charge in [-0.1, -0.05) is 0 Å². The molecule has 0 aliphatic carbocycles. The molecule has 1 aromatic heterocycles. The van der Waals surface area contributed by atoms with E-state index in [-0.39, 0.29) is 17.6 Å². The lowest BCUT2D eigenvalue weighted by Crippen LogP contribution is -2.41. The number of hydrogen-bond donors (Lipinski definition) is 2. The molecule has 1 fully saturated rings. The first-order valence-corrected chi connectivity index (χ1v) is 8.67. The van der Waals surface area contributed by atoms with Crippen LogP contribution in [0.15, 0.2) is 47.4 Å². The van der Waals surface area contributed by atoms with Crippen molar-refractivity contribution in [1.29, 1.82) is 0 Å². The summed E-state index contributed by atoms with van der Waals surface area (Å²) < 4.78 is 7.32. The van der Waals surface area contributed by atoms with Crippen LogP contribution in [0.3, 0.4) is 0 Å². The molecule has 1 saturated heterocycles. The average Bonchev–Trinajstić information content (AvgIpc) is 2.63. The van der Waals surface area contributed by atoms with Crippen molar-refractivity contribution in [2.45, 2.75) is 25.9 Å². The number of rotatable bonds is 4. The van der Waals surface area contributed by atoms with E-state index in [4.69, 9.17) is 9.84 Å². The molecule has 8 heteroatoms. The number of carboxylic acid groups (broad SMARTS) is 1. The van der Waals surface area contributed by atoms with Crippen molar-refractivity contribution in [2.24, 2.45) is 0 Å². The van der Waals surface area contributed by atoms with Gasteiger partial charge in [-0.15, -0.1) is 0 Å². The van der Waals surface area contributed by atoms with Gasteiger partial charge in [0.2, 0.25) is 5.91 Å². The Balaban J connectivity index is 1.66. The largest absolute Gasteiger partial charge is 0.490 e. The summed E-state index contributed by atoms with van der Waals surface area (Å²) in [6.07, 6.45) is 1.81. The van der Waals surface area contributed by atoms with Crippen molar-refractivity contribution in [3.05, 3.63) is 52.9 Å². The van der Waals surface area contributed by atoms with Gasteiger partial charge in [0.1, 0.15) is 11.9 Å². The van der Waals surface area contributed by atoms with Gasteiger partial charge in [0.25, 0.3) is 5.56 Å². The highest BCUT2D eigenvalue weighted by atomic mass is 16.5. The predicted octanol–water partition coefficient (Wildman–Crippen LogP) is 2.32. The maximum atomic E-state index is 12.4. The molecular weight excluding hydrogens is 350 g/mol. The summed E-state index contributed by atoms with van der Waals surface area (Å²) >= 11 is 0. The number of carbonyl (C=O) groups excluding carboxylic acids is 1. The topological polar surface area (TPSA) is 101 Å². The van der Waals surface area contributed by atoms with E-state index in [0.717, 1.165) is 0 Å². The molecule has 0 spiro atoms. The Morgan fingerprint density at radius 1 is 1.15 bits per heavy atom. The van der Waals surface area contributed by atoms with E-state index in [9.17, 15) is 14.4 Å². The number of benzene rings is 1. The smallest absolute Gasteiger partial charge is 0.407 e. The Kier molecular flexibility index (Phi) is 5.44. The number of aromatic nitrogens is 1. The van der Waals surface area contributed by atoms with Crippen LogP contribution in [-0.2, 0) is 4.79 Å². The quantitative estimate of drug-likeness (QED) is 0.859. The summed E-state index contributed by atoms with van der Waals surface area (Å²) in [7, 11) is 0. The van der Waals surface area contributed by atoms with Crippen LogP contribution in [0, 0.1) is 0 Å². The van der Waals surface area contributed by atoms with E-state index in [1.165, 1.54) is 22.5 Å². The van der Waals surface area contributed by atoms with E-state index < -0.39 is 6.09 Å². The highest BCUT2D eigenvalue weighted by molar-refractivity contribution is 5.88. The maximum absolute atomic E-state index is 12.4. The zero-order chi connectivity index (χ0) is 19.4. The molecule has 0 bridgehead atoms. The van der Waals surface area contributed by atoms with E-state index in [1.54, 1.807) is 36.5 Å². The molecule has 0 saturated carbocycles. The van der Waals surface area contributed by atoms with Crippen molar-refractivity contribution in [2.75, 3.05) is 18.4 Å². The van der Waals surface area contributed by atoms with Gasteiger partial charge in [0, 0.05) is 56.5 Å². The Labute approximate surface area is 156 Å². The minimum atomic E-state index is -0.916. The normalized spacial score (nSPS) is 14.6. The van der Waals surface area contributed by atoms with Gasteiger partial charge >= 0.3 is 6.09 Å². The Bertz CT molecular complexity index is 883. The fourth-order valence-electron chi connectivity index (χ4n) is 3.01. The molecule has 1 aliphatic rings. The molecule has 1 aromatic carbocycles. The number of nitrogens with zero attached hydrogens (tertiary/aromatic N) is 2. The van der Waals surface area contributed by atoms with Crippen LogP contribution in [0.1, 0.15) is 19.8 Å². The average molecular weight is 371 g/mol. The lowest BCUT2D eigenvalue weighted by Gasteiger charge is -2.30. The van der Waals surface area contributed by atoms with Crippen molar-refractivity contribution in [3.8, 4) is 11.4 Å². The van der Waals surface area contributed by atoms with Crippen molar-refractivity contribution >= 4 is 17.7 Å². The fourth-order valence-corrected chi connectivity index (χ4v) is 3.01. The van der Waals surface area contributed by atoms with Crippen LogP contribution in [0.5, 0.6) is 5.75 Å². The Hall–Kier alpha value is -3.29. The highest BCUT2D eigenvalue weighted by Crippen LogP contribution is 2.19. The van der Waals surface area contributed by atoms with E-state index in [2.05, 4.69) is 5.32 Å². The maximum Gasteiger partial charge on any atom is 0.407 e. The van der Waals surface area contributed by atoms with E-state index in [0.29, 0.717) is 43.1 Å². The summed E-state index contributed by atoms with van der Waals surface area (Å²) in [5.41, 5.74) is 1.10. The second-order valence-corrected chi connectivity index (χ2v) is 6.39. The lowest BCUT2D eigenvalue weighted by molar-refractivity contribution is -0.114. The molecule has 142 valence electrons. The van der Waals surface area contributed by atoms with Gasteiger partial charge in [-0.05, 0) is 30.3 Å². The molecule has 1 aliphatic heterocycles. The van der Waals surface area contributed by atoms with Crippen LogP contribution in [0.25, 0.3) is 5.69 Å². The minimum Gasteiger partial charge on any atom is -0.490 e. The number of hydrogen-bond acceptors (Lipinski definition) is 4. The van der Waals surface area contributed by atoms with Crippen molar-refractivity contribution in [3.63, 3.8) is 0 Å². The number of ether oxygens (including phenoxy) is 1. The second kappa shape index (κ2) is 7.94. The third-order valence-corrected chi connectivity index (χ3v) is 4.37. The molecule has 2 N–H and O–H groups in total. The molecule has 3 rings (SSSR count). The summed E-state index contributed by atoms with van der Waals surface area (Å²) in [5.74, 6) is 0.315. The van der Waals surface area contributed by atoms with E-state index >= 15 is 0 Å². The second-order valence-electron chi connectivity index (χ2n) is 6.39. The molecule has 27 heavy (non-hydrogen) atoms. The molecular formula is C19H21N3O5. The molecule has 2 aromatic rings. The first kappa shape index (κ1) is 18.5. The van der Waals surface area contributed by atoms with E-state index in [1.807, 2.05) is 0 Å². The summed E-state index contributed by atoms with van der Waals surface area (Å²) in [5, 5.41) is 11.6. The predicted molar refractivity (Wildman–Crippen MR) is 99.6 cm³/mol. The SMILES string of the molecule is CC(=O)Nc1ccc(-n2ccc(OC3CCN(C(=O)O)CC3)cc2=O)cc1. The number of piperidine rings is 1. The van der Waals surface area contributed by atoms with Crippen molar-refractivity contribution in [1.82, 2.24) is 9.47 Å². The number of nitrogens with one attached hydrogen (secondary N) is 1. The van der Waals surface area contributed by atoms with Gasteiger partial charge in [-0.3, -0.25) is 14.2 Å². The zero-order valence-corrected chi connectivity index (χ0v) is 14.9. The third-order valence-electron chi connectivity index (χ3n) is 4.37. The van der Waals surface area contributed by atoms with Gasteiger partial charge in [-0.2, -0.15) is 0 Å². The number of likely N-dealkylation sites (tertiary alicyclic amines) is 1. The lowest BCUT2D eigenvalue weighted by atomic mass is 10.1. The Morgan fingerprint density at radius 2 is 1.81 bits per heavy atom.